The van der Waals surface area contributed by atoms with E-state index in [2.05, 4.69) is 9.40 Å². The van der Waals surface area contributed by atoms with Crippen LogP contribution in [0.4, 0.5) is 8.78 Å². The SMILES string of the molecule is O=S(=O)(Cc1c(F)cccc1F)c1ncco1. The van der Waals surface area contributed by atoms with Gasteiger partial charge in [-0.2, -0.15) is 0 Å². The van der Waals surface area contributed by atoms with Crippen molar-refractivity contribution in [3.05, 3.63) is 47.9 Å². The fourth-order valence-electron chi connectivity index (χ4n) is 1.29. The Morgan fingerprint density at radius 1 is 1.24 bits per heavy atom. The largest absolute Gasteiger partial charge is 0.437 e. The summed E-state index contributed by atoms with van der Waals surface area (Å²) in [6, 6.07) is 3.14. The first kappa shape index (κ1) is 11.7. The van der Waals surface area contributed by atoms with E-state index < -0.39 is 38.0 Å². The quantitative estimate of drug-likeness (QED) is 0.845. The Hall–Kier alpha value is -1.76. The fourth-order valence-corrected chi connectivity index (χ4v) is 2.49. The zero-order chi connectivity index (χ0) is 12.5. The molecule has 0 bridgehead atoms. The van der Waals surface area contributed by atoms with Gasteiger partial charge in [-0.05, 0) is 12.1 Å². The highest BCUT2D eigenvalue weighted by Gasteiger charge is 2.24. The first-order valence-electron chi connectivity index (χ1n) is 4.56. The van der Waals surface area contributed by atoms with Crippen LogP contribution in [-0.2, 0) is 15.6 Å². The molecule has 4 nitrogen and oxygen atoms in total. The summed E-state index contributed by atoms with van der Waals surface area (Å²) in [7, 11) is -3.97. The maximum Gasteiger partial charge on any atom is 0.315 e. The molecule has 0 N–H and O–H groups in total. The number of nitrogens with zero attached hydrogens (tertiary/aromatic N) is 1. The van der Waals surface area contributed by atoms with Crippen LogP contribution in [-0.4, -0.2) is 13.4 Å². The summed E-state index contributed by atoms with van der Waals surface area (Å²) in [5.41, 5.74) is -0.522. The molecule has 7 heteroatoms. The summed E-state index contributed by atoms with van der Waals surface area (Å²) >= 11 is 0. The van der Waals surface area contributed by atoms with E-state index in [9.17, 15) is 17.2 Å². The average molecular weight is 259 g/mol. The predicted octanol–water partition coefficient (Wildman–Crippen LogP) is 1.93. The van der Waals surface area contributed by atoms with Crippen molar-refractivity contribution in [3.8, 4) is 0 Å². The number of hydrogen-bond acceptors (Lipinski definition) is 4. The Labute approximate surface area is 95.8 Å². The lowest BCUT2D eigenvalue weighted by atomic mass is 10.2. The monoisotopic (exact) mass is 259 g/mol. The van der Waals surface area contributed by atoms with Crippen molar-refractivity contribution in [1.29, 1.82) is 0 Å². The highest BCUT2D eigenvalue weighted by Crippen LogP contribution is 2.19. The van der Waals surface area contributed by atoms with Crippen molar-refractivity contribution in [2.24, 2.45) is 0 Å². The van der Waals surface area contributed by atoms with Crippen LogP contribution < -0.4 is 0 Å². The standard InChI is InChI=1S/C10H7F2NO3S/c11-8-2-1-3-9(12)7(8)6-17(14,15)10-13-4-5-16-10/h1-5H,6H2. The van der Waals surface area contributed by atoms with Crippen LogP contribution in [0.15, 0.2) is 40.3 Å². The van der Waals surface area contributed by atoms with Gasteiger partial charge in [-0.1, -0.05) is 6.07 Å². The molecule has 0 fully saturated rings. The summed E-state index contributed by atoms with van der Waals surface area (Å²) in [4.78, 5) is 3.44. The molecule has 17 heavy (non-hydrogen) atoms. The predicted molar refractivity (Wildman–Crippen MR) is 53.8 cm³/mol. The van der Waals surface area contributed by atoms with E-state index in [0.717, 1.165) is 30.7 Å². The van der Waals surface area contributed by atoms with Gasteiger partial charge in [0, 0.05) is 5.56 Å². The lowest BCUT2D eigenvalue weighted by Gasteiger charge is -2.03. The smallest absolute Gasteiger partial charge is 0.315 e. The zero-order valence-corrected chi connectivity index (χ0v) is 9.25. The molecule has 0 aliphatic carbocycles. The minimum atomic E-state index is -3.97. The van der Waals surface area contributed by atoms with E-state index in [0.29, 0.717) is 0 Å². The molecule has 0 saturated heterocycles. The Balaban J connectivity index is 2.40. The second-order valence-corrected chi connectivity index (χ2v) is 5.12. The van der Waals surface area contributed by atoms with Crippen LogP contribution in [0, 0.1) is 11.6 Å². The molecule has 0 radical (unpaired) electrons. The Morgan fingerprint density at radius 2 is 1.88 bits per heavy atom. The van der Waals surface area contributed by atoms with Crippen molar-refractivity contribution in [1.82, 2.24) is 4.98 Å². The first-order valence-corrected chi connectivity index (χ1v) is 6.21. The van der Waals surface area contributed by atoms with Gasteiger partial charge < -0.3 is 4.42 Å². The number of halogens is 2. The van der Waals surface area contributed by atoms with Crippen LogP contribution in [0.25, 0.3) is 0 Å². The van der Waals surface area contributed by atoms with E-state index in [1.165, 1.54) is 0 Å². The van der Waals surface area contributed by atoms with Crippen LogP contribution in [0.5, 0.6) is 0 Å². The molecule has 90 valence electrons. The minimum Gasteiger partial charge on any atom is -0.437 e. The number of hydrogen-bond donors (Lipinski definition) is 0. The topological polar surface area (TPSA) is 60.2 Å². The van der Waals surface area contributed by atoms with Gasteiger partial charge in [0.05, 0.1) is 11.9 Å². The lowest BCUT2D eigenvalue weighted by Crippen LogP contribution is -2.08. The molecular formula is C10H7F2NO3S. The molecule has 1 aromatic carbocycles. The number of sulfone groups is 1. The van der Waals surface area contributed by atoms with Gasteiger partial charge in [-0.15, -0.1) is 0 Å². The minimum absolute atomic E-state index is 0.522. The molecule has 0 atom stereocenters. The van der Waals surface area contributed by atoms with Crippen molar-refractivity contribution in [2.75, 3.05) is 0 Å². The Bertz CT molecular complexity index is 603. The van der Waals surface area contributed by atoms with Gasteiger partial charge in [0.25, 0.3) is 0 Å². The fraction of sp³-hybridized carbons (Fsp3) is 0.100. The molecular weight excluding hydrogens is 252 g/mol. The Morgan fingerprint density at radius 3 is 2.41 bits per heavy atom. The third-order valence-electron chi connectivity index (χ3n) is 2.07. The van der Waals surface area contributed by atoms with Crippen LogP contribution in [0.3, 0.4) is 0 Å². The molecule has 2 aromatic rings. The first-order chi connectivity index (χ1) is 8.00. The van der Waals surface area contributed by atoms with Gasteiger partial charge in [-0.25, -0.2) is 22.2 Å². The summed E-state index contributed by atoms with van der Waals surface area (Å²) in [6.07, 6.45) is 2.22. The van der Waals surface area contributed by atoms with Crippen LogP contribution in [0.1, 0.15) is 5.56 Å². The summed E-state index contributed by atoms with van der Waals surface area (Å²) in [6.45, 7) is 0. The summed E-state index contributed by atoms with van der Waals surface area (Å²) in [5.74, 6) is -2.66. The van der Waals surface area contributed by atoms with Gasteiger partial charge in [-0.3, -0.25) is 0 Å². The number of benzene rings is 1. The van der Waals surface area contributed by atoms with Crippen molar-refractivity contribution >= 4 is 9.84 Å². The maximum absolute atomic E-state index is 13.3. The molecule has 0 aliphatic rings. The molecule has 1 heterocycles. The highest BCUT2D eigenvalue weighted by atomic mass is 32.2. The molecule has 1 aromatic heterocycles. The highest BCUT2D eigenvalue weighted by molar-refractivity contribution is 7.90. The van der Waals surface area contributed by atoms with Crippen molar-refractivity contribution < 1.29 is 21.6 Å². The van der Waals surface area contributed by atoms with E-state index >= 15 is 0 Å². The third-order valence-corrected chi connectivity index (χ3v) is 3.47. The molecule has 0 amide bonds. The molecule has 2 rings (SSSR count). The average Bonchev–Trinajstić information content (AvgIpc) is 2.77. The third kappa shape index (κ3) is 2.33. The molecule has 0 aliphatic heterocycles. The van der Waals surface area contributed by atoms with Gasteiger partial charge in [0.2, 0.25) is 9.84 Å². The summed E-state index contributed by atoms with van der Waals surface area (Å²) < 4.78 is 54.5. The van der Waals surface area contributed by atoms with E-state index in [-0.39, 0.29) is 0 Å². The van der Waals surface area contributed by atoms with Crippen LogP contribution in [0.2, 0.25) is 0 Å². The second-order valence-electron chi connectivity index (χ2n) is 3.26. The molecule has 0 saturated carbocycles. The lowest BCUT2D eigenvalue weighted by molar-refractivity contribution is 0.429. The normalized spacial score (nSPS) is 11.6. The van der Waals surface area contributed by atoms with E-state index in [4.69, 9.17) is 0 Å². The number of aromatic nitrogens is 1. The Kier molecular flexibility index (Phi) is 2.93. The van der Waals surface area contributed by atoms with Crippen LogP contribution >= 0.6 is 0 Å². The maximum atomic E-state index is 13.3. The van der Waals surface area contributed by atoms with Gasteiger partial charge >= 0.3 is 5.22 Å². The molecule has 0 spiro atoms. The van der Waals surface area contributed by atoms with Crippen molar-refractivity contribution in [3.63, 3.8) is 0 Å². The second kappa shape index (κ2) is 4.25. The van der Waals surface area contributed by atoms with E-state index in [1.807, 2.05) is 0 Å². The van der Waals surface area contributed by atoms with E-state index in [1.54, 1.807) is 0 Å². The summed E-state index contributed by atoms with van der Waals surface area (Å²) in [5, 5.41) is -0.555. The van der Waals surface area contributed by atoms with Gasteiger partial charge in [0.1, 0.15) is 17.9 Å². The zero-order valence-electron chi connectivity index (χ0n) is 8.43. The van der Waals surface area contributed by atoms with Crippen molar-refractivity contribution in [2.45, 2.75) is 11.0 Å². The van der Waals surface area contributed by atoms with Gasteiger partial charge in [0.15, 0.2) is 0 Å². The number of oxazole rings is 1. The molecule has 0 unspecified atom stereocenters. The number of rotatable bonds is 3.